The van der Waals surface area contributed by atoms with Crippen molar-refractivity contribution >= 4 is 31.9 Å². The van der Waals surface area contributed by atoms with Gasteiger partial charge in [0.15, 0.2) is 0 Å². The molecule has 0 bridgehead atoms. The lowest BCUT2D eigenvalue weighted by molar-refractivity contribution is 0.180. The first-order valence-electron chi connectivity index (χ1n) is 13.1. The average Bonchev–Trinajstić information content (AvgIpc) is 2.83. The molecular weight excluding hydrogens is 536 g/mol. The van der Waals surface area contributed by atoms with Gasteiger partial charge in [0.25, 0.3) is 0 Å². The van der Waals surface area contributed by atoms with Gasteiger partial charge in [0.2, 0.25) is 0 Å². The molecule has 0 aromatic heterocycles. The van der Waals surface area contributed by atoms with Crippen LogP contribution in [0.4, 0.5) is 0 Å². The molecule has 0 amide bonds. The molecule has 2 nitrogen and oxygen atoms in total. The number of hydrogen-bond acceptors (Lipinski definition) is 2. The number of fused-ring (bicyclic) bond motifs is 2. The molecule has 2 aromatic rings. The van der Waals surface area contributed by atoms with Crippen LogP contribution in [-0.4, -0.2) is 36.6 Å². The first kappa shape index (κ1) is 26.9. The van der Waals surface area contributed by atoms with E-state index in [1.807, 2.05) is 0 Å². The van der Waals surface area contributed by atoms with Crippen LogP contribution in [0.3, 0.4) is 0 Å². The van der Waals surface area contributed by atoms with Crippen molar-refractivity contribution in [1.82, 2.24) is 10.2 Å². The molecule has 182 valence electrons. The summed E-state index contributed by atoms with van der Waals surface area (Å²) in [6.45, 7) is 10.4. The SMILES string of the molecule is CCCN(CCC)[C@@H]1CCc2cccc(Br)c2C1.CCCN[C@@H]1CCc2cccc(Br)c2C1. The van der Waals surface area contributed by atoms with Crippen LogP contribution in [-0.2, 0) is 25.7 Å². The maximum Gasteiger partial charge on any atom is 0.0210 e. The maximum atomic E-state index is 3.72. The van der Waals surface area contributed by atoms with E-state index in [2.05, 4.69) is 99.2 Å². The van der Waals surface area contributed by atoms with Crippen molar-refractivity contribution in [3.63, 3.8) is 0 Å². The highest BCUT2D eigenvalue weighted by Crippen LogP contribution is 2.30. The Kier molecular flexibility index (Phi) is 11.4. The van der Waals surface area contributed by atoms with Gasteiger partial charge >= 0.3 is 0 Å². The highest BCUT2D eigenvalue weighted by Gasteiger charge is 2.24. The Labute approximate surface area is 219 Å². The van der Waals surface area contributed by atoms with E-state index in [1.54, 1.807) is 11.1 Å². The molecule has 0 aliphatic heterocycles. The molecule has 1 N–H and O–H groups in total. The topological polar surface area (TPSA) is 15.3 Å². The summed E-state index contributed by atoms with van der Waals surface area (Å²) in [5.74, 6) is 0. The van der Waals surface area contributed by atoms with Crippen LogP contribution < -0.4 is 5.32 Å². The average molecular weight is 578 g/mol. The molecule has 0 heterocycles. The van der Waals surface area contributed by atoms with Crippen LogP contribution in [0, 0.1) is 0 Å². The summed E-state index contributed by atoms with van der Waals surface area (Å²) in [6, 6.07) is 14.6. The predicted molar refractivity (Wildman–Crippen MR) is 150 cm³/mol. The largest absolute Gasteiger partial charge is 0.314 e. The van der Waals surface area contributed by atoms with E-state index in [0.29, 0.717) is 6.04 Å². The van der Waals surface area contributed by atoms with Crippen molar-refractivity contribution in [3.05, 3.63) is 67.6 Å². The highest BCUT2D eigenvalue weighted by atomic mass is 79.9. The van der Waals surface area contributed by atoms with E-state index in [1.165, 1.54) is 90.9 Å². The van der Waals surface area contributed by atoms with Crippen LogP contribution in [0.25, 0.3) is 0 Å². The zero-order chi connectivity index (χ0) is 23.6. The van der Waals surface area contributed by atoms with Crippen molar-refractivity contribution in [2.24, 2.45) is 0 Å². The number of halogens is 2. The molecule has 0 spiro atoms. The normalized spacial score (nSPS) is 19.5. The van der Waals surface area contributed by atoms with Crippen LogP contribution in [0.15, 0.2) is 45.3 Å². The van der Waals surface area contributed by atoms with Crippen molar-refractivity contribution < 1.29 is 0 Å². The van der Waals surface area contributed by atoms with Crippen LogP contribution in [0.1, 0.15) is 75.1 Å². The molecule has 0 radical (unpaired) electrons. The smallest absolute Gasteiger partial charge is 0.0210 e. The summed E-state index contributed by atoms with van der Waals surface area (Å²) < 4.78 is 2.58. The molecule has 2 aliphatic rings. The minimum atomic E-state index is 0.677. The molecule has 0 saturated carbocycles. The zero-order valence-electron chi connectivity index (χ0n) is 20.8. The van der Waals surface area contributed by atoms with E-state index < -0.39 is 0 Å². The number of nitrogens with one attached hydrogen (secondary N) is 1. The lowest BCUT2D eigenvalue weighted by Gasteiger charge is -2.35. The van der Waals surface area contributed by atoms with Gasteiger partial charge in [-0.15, -0.1) is 0 Å². The lowest BCUT2D eigenvalue weighted by Crippen LogP contribution is -2.40. The van der Waals surface area contributed by atoms with Gasteiger partial charge in [-0.3, -0.25) is 0 Å². The minimum Gasteiger partial charge on any atom is -0.314 e. The summed E-state index contributed by atoms with van der Waals surface area (Å²) in [7, 11) is 0. The van der Waals surface area contributed by atoms with E-state index in [9.17, 15) is 0 Å². The summed E-state index contributed by atoms with van der Waals surface area (Å²) in [6.07, 6.45) is 11.2. The number of rotatable bonds is 8. The summed E-state index contributed by atoms with van der Waals surface area (Å²) in [4.78, 5) is 2.70. The lowest BCUT2D eigenvalue weighted by atomic mass is 9.87. The first-order chi connectivity index (χ1) is 16.1. The van der Waals surface area contributed by atoms with E-state index >= 15 is 0 Å². The van der Waals surface area contributed by atoms with Gasteiger partial charge in [0.1, 0.15) is 0 Å². The third-order valence-electron chi connectivity index (χ3n) is 7.05. The van der Waals surface area contributed by atoms with E-state index in [0.717, 1.165) is 12.6 Å². The number of benzene rings is 2. The van der Waals surface area contributed by atoms with Crippen molar-refractivity contribution in [1.29, 1.82) is 0 Å². The number of aryl methyl sites for hydroxylation is 2. The molecule has 2 aromatic carbocycles. The van der Waals surface area contributed by atoms with Gasteiger partial charge < -0.3 is 10.2 Å². The van der Waals surface area contributed by atoms with Crippen molar-refractivity contribution in [3.8, 4) is 0 Å². The van der Waals surface area contributed by atoms with Gasteiger partial charge in [-0.2, -0.15) is 0 Å². The van der Waals surface area contributed by atoms with Crippen LogP contribution in [0.2, 0.25) is 0 Å². The molecule has 2 atom stereocenters. The molecule has 0 saturated heterocycles. The standard InChI is InChI=1S/C16H24BrN.C13H18BrN/c1-3-10-18(11-4-2)14-9-8-13-6-5-7-16(17)15(13)12-14;1-2-8-15-11-7-6-10-4-3-5-13(14)12(10)9-11/h5-7,14H,3-4,8-12H2,1-2H3;3-5,11,15H,2,6-9H2,1H3/t14-;11-/m11/s1. The van der Waals surface area contributed by atoms with E-state index in [4.69, 9.17) is 0 Å². The van der Waals surface area contributed by atoms with Crippen molar-refractivity contribution in [2.75, 3.05) is 19.6 Å². The van der Waals surface area contributed by atoms with Crippen molar-refractivity contribution in [2.45, 2.75) is 90.6 Å². The Balaban J connectivity index is 0.000000189. The predicted octanol–water partition coefficient (Wildman–Crippen LogP) is 7.73. The molecule has 4 rings (SSSR count). The molecular formula is C29H42Br2N2. The fraction of sp³-hybridized carbons (Fsp3) is 0.586. The Morgan fingerprint density at radius 2 is 1.36 bits per heavy atom. The van der Waals surface area contributed by atoms with Gasteiger partial charge in [0, 0.05) is 21.0 Å². The summed E-state index contributed by atoms with van der Waals surface area (Å²) >= 11 is 7.37. The Bertz CT molecular complexity index is 861. The highest BCUT2D eigenvalue weighted by molar-refractivity contribution is 9.10. The van der Waals surface area contributed by atoms with Gasteiger partial charge in [-0.1, -0.05) is 76.9 Å². The zero-order valence-corrected chi connectivity index (χ0v) is 24.0. The first-order valence-corrected chi connectivity index (χ1v) is 14.7. The quantitative estimate of drug-likeness (QED) is 0.345. The van der Waals surface area contributed by atoms with Gasteiger partial charge in [-0.05, 0) is 112 Å². The molecule has 4 heteroatoms. The van der Waals surface area contributed by atoms with E-state index in [-0.39, 0.29) is 0 Å². The molecule has 0 unspecified atom stereocenters. The third-order valence-corrected chi connectivity index (χ3v) is 8.54. The third kappa shape index (κ3) is 7.65. The fourth-order valence-electron chi connectivity index (χ4n) is 5.36. The van der Waals surface area contributed by atoms with Crippen LogP contribution in [0.5, 0.6) is 0 Å². The minimum absolute atomic E-state index is 0.677. The van der Waals surface area contributed by atoms with Gasteiger partial charge in [-0.25, -0.2) is 0 Å². The second-order valence-corrected chi connectivity index (χ2v) is 11.3. The number of nitrogens with zero attached hydrogens (tertiary/aromatic N) is 1. The van der Waals surface area contributed by atoms with Gasteiger partial charge in [0.05, 0.1) is 0 Å². The Hall–Kier alpha value is -0.680. The number of hydrogen-bond donors (Lipinski definition) is 1. The molecule has 0 fully saturated rings. The molecule has 2 aliphatic carbocycles. The second-order valence-electron chi connectivity index (χ2n) is 9.58. The molecule has 33 heavy (non-hydrogen) atoms. The van der Waals surface area contributed by atoms with Crippen LogP contribution >= 0.6 is 31.9 Å². The Morgan fingerprint density at radius 3 is 1.94 bits per heavy atom. The second kappa shape index (κ2) is 14.0. The Morgan fingerprint density at radius 1 is 0.788 bits per heavy atom. The fourth-order valence-corrected chi connectivity index (χ4v) is 6.49. The monoisotopic (exact) mass is 576 g/mol. The summed E-state index contributed by atoms with van der Waals surface area (Å²) in [5.41, 5.74) is 6.14. The summed E-state index contributed by atoms with van der Waals surface area (Å²) in [5, 5.41) is 3.62. The maximum absolute atomic E-state index is 3.72.